The maximum Gasteiger partial charge on any atom is 0.328 e. The van der Waals surface area contributed by atoms with Crippen LogP contribution in [-0.2, 0) is 16.6 Å². The first-order valence-corrected chi connectivity index (χ1v) is 10.1. The molecule has 0 saturated carbocycles. The minimum absolute atomic E-state index is 0.0338. The minimum Gasteiger partial charge on any atom is -0.457 e. The van der Waals surface area contributed by atoms with Gasteiger partial charge in [0.15, 0.2) is 0 Å². The molecular weight excluding hydrogens is 376 g/mol. The molecule has 0 fully saturated rings. The number of aryl methyl sites for hydroxylation is 1. The molecule has 2 N–H and O–H groups in total. The number of nitrogens with one attached hydrogen (secondary N) is 2. The summed E-state index contributed by atoms with van der Waals surface area (Å²) in [6.07, 6.45) is 0. The number of amides is 2. The van der Waals surface area contributed by atoms with Crippen molar-refractivity contribution in [2.45, 2.75) is 18.4 Å². The minimum atomic E-state index is -3.92. The second-order valence-corrected chi connectivity index (χ2v) is 7.85. The summed E-state index contributed by atoms with van der Waals surface area (Å²) in [6, 6.07) is 22.0. The number of urea groups is 1. The first-order chi connectivity index (χ1) is 13.4. The van der Waals surface area contributed by atoms with Crippen LogP contribution in [0.15, 0.2) is 83.8 Å². The number of hydrogen-bond donors (Lipinski definition) is 2. The van der Waals surface area contributed by atoms with E-state index in [9.17, 15) is 13.2 Å². The number of carbonyl (C=O) groups is 1. The molecule has 0 aromatic heterocycles. The van der Waals surface area contributed by atoms with Crippen molar-refractivity contribution in [1.82, 2.24) is 10.0 Å². The van der Waals surface area contributed by atoms with Gasteiger partial charge in [-0.15, -0.1) is 0 Å². The van der Waals surface area contributed by atoms with Crippen LogP contribution in [0.3, 0.4) is 0 Å². The number of carbonyl (C=O) groups excluding carboxylic acids is 1. The topological polar surface area (TPSA) is 84.5 Å². The second-order valence-electron chi connectivity index (χ2n) is 6.16. The van der Waals surface area contributed by atoms with Gasteiger partial charge in [-0.2, -0.15) is 0 Å². The van der Waals surface area contributed by atoms with E-state index < -0.39 is 16.1 Å². The monoisotopic (exact) mass is 396 g/mol. The number of hydrogen-bond acceptors (Lipinski definition) is 4. The van der Waals surface area contributed by atoms with Crippen LogP contribution in [0.1, 0.15) is 11.1 Å². The molecule has 0 heterocycles. The lowest BCUT2D eigenvalue weighted by Crippen LogP contribution is -2.39. The SMILES string of the molecule is Cc1ccc(S(=O)(=O)NC(=O)NCc2cccc(Oc3ccccc3)c2)cc1. The molecule has 3 rings (SSSR count). The van der Waals surface area contributed by atoms with Gasteiger partial charge in [-0.05, 0) is 48.9 Å². The standard InChI is InChI=1S/C21H20N2O4S/c1-16-10-12-20(13-11-16)28(25,26)23-21(24)22-15-17-6-5-9-19(14-17)27-18-7-3-2-4-8-18/h2-14H,15H2,1H3,(H2,22,23,24). The van der Waals surface area contributed by atoms with Crippen molar-refractivity contribution in [2.24, 2.45) is 0 Å². The molecule has 3 aromatic carbocycles. The van der Waals surface area contributed by atoms with Gasteiger partial charge in [0.1, 0.15) is 11.5 Å². The predicted molar refractivity (Wildman–Crippen MR) is 107 cm³/mol. The Labute approximate surface area is 164 Å². The highest BCUT2D eigenvalue weighted by Crippen LogP contribution is 2.21. The number of rotatable bonds is 6. The summed E-state index contributed by atoms with van der Waals surface area (Å²) in [5, 5.41) is 2.54. The number of benzene rings is 3. The molecule has 0 aliphatic rings. The summed E-state index contributed by atoms with van der Waals surface area (Å²) < 4.78 is 32.2. The quantitative estimate of drug-likeness (QED) is 0.660. The van der Waals surface area contributed by atoms with Crippen LogP contribution in [0.25, 0.3) is 0 Å². The maximum absolute atomic E-state index is 12.2. The average molecular weight is 396 g/mol. The van der Waals surface area contributed by atoms with Crippen molar-refractivity contribution in [3.05, 3.63) is 90.0 Å². The highest BCUT2D eigenvalue weighted by molar-refractivity contribution is 7.90. The lowest BCUT2D eigenvalue weighted by Gasteiger charge is -2.10. The zero-order chi connectivity index (χ0) is 20.0. The van der Waals surface area contributed by atoms with E-state index in [4.69, 9.17) is 4.74 Å². The van der Waals surface area contributed by atoms with Gasteiger partial charge in [0.05, 0.1) is 4.90 Å². The molecule has 28 heavy (non-hydrogen) atoms. The van der Waals surface area contributed by atoms with Crippen molar-refractivity contribution in [2.75, 3.05) is 0 Å². The zero-order valence-corrected chi connectivity index (χ0v) is 16.1. The summed E-state index contributed by atoms with van der Waals surface area (Å²) in [7, 11) is -3.92. The molecule has 0 radical (unpaired) electrons. The molecule has 0 atom stereocenters. The van der Waals surface area contributed by atoms with Crippen molar-refractivity contribution in [3.63, 3.8) is 0 Å². The molecule has 0 spiro atoms. The maximum atomic E-state index is 12.2. The molecule has 7 heteroatoms. The number of ether oxygens (including phenoxy) is 1. The molecule has 0 unspecified atom stereocenters. The van der Waals surface area contributed by atoms with E-state index in [0.29, 0.717) is 11.5 Å². The van der Waals surface area contributed by atoms with E-state index in [1.807, 2.05) is 48.0 Å². The van der Waals surface area contributed by atoms with Crippen LogP contribution in [0, 0.1) is 6.92 Å². The summed E-state index contributed by atoms with van der Waals surface area (Å²) in [4.78, 5) is 12.0. The van der Waals surface area contributed by atoms with Gasteiger partial charge in [-0.25, -0.2) is 17.9 Å². The molecule has 0 saturated heterocycles. The average Bonchev–Trinajstić information content (AvgIpc) is 2.67. The summed E-state index contributed by atoms with van der Waals surface area (Å²) in [5.41, 5.74) is 1.71. The molecule has 0 aliphatic carbocycles. The van der Waals surface area contributed by atoms with Gasteiger partial charge < -0.3 is 10.1 Å². The van der Waals surface area contributed by atoms with Crippen LogP contribution in [0.4, 0.5) is 4.79 Å². The third-order valence-electron chi connectivity index (χ3n) is 3.89. The van der Waals surface area contributed by atoms with Gasteiger partial charge in [0, 0.05) is 6.54 Å². The Hall–Kier alpha value is -3.32. The number of sulfonamides is 1. The van der Waals surface area contributed by atoms with E-state index in [-0.39, 0.29) is 11.4 Å². The van der Waals surface area contributed by atoms with Crippen molar-refractivity contribution < 1.29 is 17.9 Å². The van der Waals surface area contributed by atoms with Crippen LogP contribution in [0.2, 0.25) is 0 Å². The Morgan fingerprint density at radius 3 is 2.29 bits per heavy atom. The van der Waals surface area contributed by atoms with Gasteiger partial charge in [0.2, 0.25) is 0 Å². The highest BCUT2D eigenvalue weighted by Gasteiger charge is 2.17. The molecular formula is C21H20N2O4S. The van der Waals surface area contributed by atoms with E-state index in [1.165, 1.54) is 12.1 Å². The van der Waals surface area contributed by atoms with E-state index in [2.05, 4.69) is 5.32 Å². The van der Waals surface area contributed by atoms with Crippen molar-refractivity contribution in [1.29, 1.82) is 0 Å². The highest BCUT2D eigenvalue weighted by atomic mass is 32.2. The fraction of sp³-hybridized carbons (Fsp3) is 0.0952. The fourth-order valence-electron chi connectivity index (χ4n) is 2.46. The van der Waals surface area contributed by atoms with Crippen LogP contribution in [-0.4, -0.2) is 14.4 Å². The molecule has 3 aromatic rings. The number of para-hydroxylation sites is 1. The molecule has 0 aliphatic heterocycles. The fourth-order valence-corrected chi connectivity index (χ4v) is 3.39. The summed E-state index contributed by atoms with van der Waals surface area (Å²) in [5.74, 6) is 1.33. The smallest absolute Gasteiger partial charge is 0.328 e. The first-order valence-electron chi connectivity index (χ1n) is 8.61. The molecule has 2 amide bonds. The van der Waals surface area contributed by atoms with Gasteiger partial charge in [-0.3, -0.25) is 0 Å². The van der Waals surface area contributed by atoms with Crippen LogP contribution < -0.4 is 14.8 Å². The third-order valence-corrected chi connectivity index (χ3v) is 5.24. The third kappa shape index (κ3) is 5.34. The summed E-state index contributed by atoms with van der Waals surface area (Å²) >= 11 is 0. The van der Waals surface area contributed by atoms with Crippen molar-refractivity contribution >= 4 is 16.1 Å². The lowest BCUT2D eigenvalue weighted by atomic mass is 10.2. The normalized spacial score (nSPS) is 10.9. The second kappa shape index (κ2) is 8.58. The van der Waals surface area contributed by atoms with E-state index in [1.54, 1.807) is 30.3 Å². The van der Waals surface area contributed by atoms with Gasteiger partial charge in [0.25, 0.3) is 10.0 Å². The molecule has 6 nitrogen and oxygen atoms in total. The lowest BCUT2D eigenvalue weighted by molar-refractivity contribution is 0.245. The van der Waals surface area contributed by atoms with Crippen LogP contribution in [0.5, 0.6) is 11.5 Å². The Morgan fingerprint density at radius 1 is 0.893 bits per heavy atom. The van der Waals surface area contributed by atoms with Crippen molar-refractivity contribution in [3.8, 4) is 11.5 Å². The zero-order valence-electron chi connectivity index (χ0n) is 15.3. The first kappa shape index (κ1) is 19.4. The Morgan fingerprint density at radius 2 is 1.57 bits per heavy atom. The largest absolute Gasteiger partial charge is 0.457 e. The Balaban J connectivity index is 1.58. The Bertz CT molecular complexity index is 1050. The Kier molecular flexibility index (Phi) is 5.96. The van der Waals surface area contributed by atoms with Gasteiger partial charge in [-0.1, -0.05) is 48.0 Å². The van der Waals surface area contributed by atoms with Crippen LogP contribution >= 0.6 is 0 Å². The predicted octanol–water partition coefficient (Wildman–Crippen LogP) is 3.98. The summed E-state index contributed by atoms with van der Waals surface area (Å²) in [6.45, 7) is 2.01. The van der Waals surface area contributed by atoms with E-state index >= 15 is 0 Å². The molecule has 144 valence electrons. The van der Waals surface area contributed by atoms with E-state index in [0.717, 1.165) is 11.1 Å². The molecule has 0 bridgehead atoms. The van der Waals surface area contributed by atoms with Gasteiger partial charge >= 0.3 is 6.03 Å².